The van der Waals surface area contributed by atoms with Crippen LogP contribution in [0.5, 0.6) is 11.6 Å². The van der Waals surface area contributed by atoms with Gasteiger partial charge in [0.1, 0.15) is 17.5 Å². The van der Waals surface area contributed by atoms with Gasteiger partial charge in [-0.3, -0.25) is 4.98 Å². The first kappa shape index (κ1) is 16.0. The predicted molar refractivity (Wildman–Crippen MR) is 89.3 cm³/mol. The fourth-order valence-electron chi connectivity index (χ4n) is 2.55. The van der Waals surface area contributed by atoms with Gasteiger partial charge in [-0.2, -0.15) is 0 Å². The number of urea groups is 1. The van der Waals surface area contributed by atoms with Crippen LogP contribution in [0.25, 0.3) is 0 Å². The van der Waals surface area contributed by atoms with Crippen LogP contribution >= 0.6 is 0 Å². The quantitative estimate of drug-likeness (QED) is 0.913. The van der Waals surface area contributed by atoms with Crippen LogP contribution in [0.4, 0.5) is 10.5 Å². The topological polar surface area (TPSA) is 76.6 Å². The number of nitrogens with one attached hydrogen (secondary N) is 1. The molecule has 3 heterocycles. The maximum Gasteiger partial charge on any atom is 0.322 e. The van der Waals surface area contributed by atoms with E-state index in [9.17, 15) is 4.79 Å². The number of amides is 2. The fraction of sp³-hybridized carbons (Fsp3) is 0.353. The fourth-order valence-corrected chi connectivity index (χ4v) is 2.55. The lowest BCUT2D eigenvalue weighted by Gasteiger charge is -2.18. The van der Waals surface area contributed by atoms with Crippen LogP contribution in [0.1, 0.15) is 13.3 Å². The second-order valence-corrected chi connectivity index (χ2v) is 5.38. The zero-order chi connectivity index (χ0) is 16.8. The summed E-state index contributed by atoms with van der Waals surface area (Å²) in [6.07, 6.45) is 5.76. The van der Waals surface area contributed by atoms with Crippen molar-refractivity contribution < 1.29 is 14.3 Å². The van der Waals surface area contributed by atoms with Crippen LogP contribution < -0.4 is 14.8 Å². The van der Waals surface area contributed by atoms with E-state index < -0.39 is 0 Å². The molecule has 1 atom stereocenters. The van der Waals surface area contributed by atoms with Gasteiger partial charge in [0.05, 0.1) is 19.3 Å². The van der Waals surface area contributed by atoms with Crippen molar-refractivity contribution in [2.75, 3.05) is 25.0 Å². The number of likely N-dealkylation sites (tertiary alicyclic amines) is 1. The van der Waals surface area contributed by atoms with Crippen molar-refractivity contribution >= 4 is 11.7 Å². The minimum Gasteiger partial charge on any atom is -0.487 e. The Morgan fingerprint density at radius 2 is 2.25 bits per heavy atom. The Labute approximate surface area is 140 Å². The van der Waals surface area contributed by atoms with Crippen molar-refractivity contribution in [1.29, 1.82) is 0 Å². The Bertz CT molecular complexity index is 681. The highest BCUT2D eigenvalue weighted by Crippen LogP contribution is 2.22. The normalized spacial score (nSPS) is 16.7. The number of pyridine rings is 2. The second-order valence-electron chi connectivity index (χ2n) is 5.38. The predicted octanol–water partition coefficient (Wildman–Crippen LogP) is 2.56. The van der Waals surface area contributed by atoms with Crippen molar-refractivity contribution in [2.24, 2.45) is 0 Å². The molecule has 1 fully saturated rings. The van der Waals surface area contributed by atoms with Gasteiger partial charge >= 0.3 is 6.03 Å². The molecule has 0 aromatic carbocycles. The molecule has 126 valence electrons. The van der Waals surface area contributed by atoms with Crippen molar-refractivity contribution in [2.45, 2.75) is 19.4 Å². The van der Waals surface area contributed by atoms with E-state index in [-0.39, 0.29) is 12.1 Å². The summed E-state index contributed by atoms with van der Waals surface area (Å²) in [4.78, 5) is 22.3. The third kappa shape index (κ3) is 3.92. The first-order valence-electron chi connectivity index (χ1n) is 7.96. The van der Waals surface area contributed by atoms with E-state index in [4.69, 9.17) is 9.47 Å². The third-order valence-corrected chi connectivity index (χ3v) is 3.66. The van der Waals surface area contributed by atoms with Crippen molar-refractivity contribution in [3.05, 3.63) is 42.9 Å². The highest BCUT2D eigenvalue weighted by molar-refractivity contribution is 5.90. The molecule has 3 rings (SSSR count). The van der Waals surface area contributed by atoms with Crippen LogP contribution in [0.3, 0.4) is 0 Å². The molecule has 0 spiro atoms. The zero-order valence-corrected chi connectivity index (χ0v) is 13.5. The van der Waals surface area contributed by atoms with E-state index in [0.29, 0.717) is 31.3 Å². The van der Waals surface area contributed by atoms with Gasteiger partial charge in [0, 0.05) is 25.4 Å². The summed E-state index contributed by atoms with van der Waals surface area (Å²) in [7, 11) is 0. The van der Waals surface area contributed by atoms with E-state index in [1.807, 2.05) is 19.1 Å². The van der Waals surface area contributed by atoms with Gasteiger partial charge in [-0.25, -0.2) is 9.78 Å². The van der Waals surface area contributed by atoms with Crippen LogP contribution in [0.2, 0.25) is 0 Å². The molecular weight excluding hydrogens is 308 g/mol. The summed E-state index contributed by atoms with van der Waals surface area (Å²) in [6.45, 7) is 3.54. The largest absolute Gasteiger partial charge is 0.487 e. The Hall–Kier alpha value is -2.83. The number of rotatable bonds is 5. The highest BCUT2D eigenvalue weighted by Gasteiger charge is 2.28. The molecule has 0 unspecified atom stereocenters. The van der Waals surface area contributed by atoms with Crippen LogP contribution in [0.15, 0.2) is 42.9 Å². The average molecular weight is 328 g/mol. The van der Waals surface area contributed by atoms with E-state index in [1.165, 1.54) is 0 Å². The molecule has 1 saturated heterocycles. The van der Waals surface area contributed by atoms with Crippen LogP contribution in [-0.4, -0.2) is 46.7 Å². The lowest BCUT2D eigenvalue weighted by molar-refractivity contribution is 0.194. The average Bonchev–Trinajstić information content (AvgIpc) is 3.06. The maximum atomic E-state index is 12.4. The monoisotopic (exact) mass is 328 g/mol. The van der Waals surface area contributed by atoms with Gasteiger partial charge in [0.2, 0.25) is 5.88 Å². The standard InChI is InChI=1S/C17H20N4O3/c1-2-23-16-15(6-4-9-19-16)20-17(22)21-10-7-14(12-21)24-13-5-3-8-18-11-13/h3-6,8-9,11,14H,2,7,10,12H2,1H3,(H,20,22)/t14-/m0/s1. The van der Waals surface area contributed by atoms with Gasteiger partial charge in [-0.15, -0.1) is 0 Å². The summed E-state index contributed by atoms with van der Waals surface area (Å²) in [5.74, 6) is 1.14. The minimum atomic E-state index is -0.179. The number of carbonyl (C=O) groups is 1. The molecule has 2 aromatic heterocycles. The molecule has 1 aliphatic rings. The Morgan fingerprint density at radius 3 is 3.04 bits per heavy atom. The molecule has 1 N–H and O–H groups in total. The van der Waals surface area contributed by atoms with Crippen molar-refractivity contribution in [3.63, 3.8) is 0 Å². The van der Waals surface area contributed by atoms with Gasteiger partial charge in [0.25, 0.3) is 0 Å². The molecule has 2 aromatic rings. The van der Waals surface area contributed by atoms with E-state index in [0.717, 1.165) is 12.2 Å². The highest BCUT2D eigenvalue weighted by atomic mass is 16.5. The smallest absolute Gasteiger partial charge is 0.322 e. The number of carbonyl (C=O) groups excluding carboxylic acids is 1. The van der Waals surface area contributed by atoms with Gasteiger partial charge in [-0.05, 0) is 31.2 Å². The second kappa shape index (κ2) is 7.63. The Balaban J connectivity index is 1.57. The molecule has 0 radical (unpaired) electrons. The van der Waals surface area contributed by atoms with Crippen molar-refractivity contribution in [1.82, 2.24) is 14.9 Å². The summed E-state index contributed by atoms with van der Waals surface area (Å²) in [5.41, 5.74) is 0.570. The number of hydrogen-bond acceptors (Lipinski definition) is 5. The molecular formula is C17H20N4O3. The molecule has 7 nitrogen and oxygen atoms in total. The molecule has 1 aliphatic heterocycles. The van der Waals surface area contributed by atoms with Gasteiger partial charge < -0.3 is 19.7 Å². The molecule has 2 amide bonds. The minimum absolute atomic E-state index is 0.0276. The summed E-state index contributed by atoms with van der Waals surface area (Å²) >= 11 is 0. The summed E-state index contributed by atoms with van der Waals surface area (Å²) < 4.78 is 11.3. The first-order valence-corrected chi connectivity index (χ1v) is 7.96. The van der Waals surface area contributed by atoms with Gasteiger partial charge in [-0.1, -0.05) is 0 Å². The lowest BCUT2D eigenvalue weighted by atomic mass is 10.3. The third-order valence-electron chi connectivity index (χ3n) is 3.66. The number of hydrogen-bond donors (Lipinski definition) is 1. The van der Waals surface area contributed by atoms with Crippen LogP contribution in [0, 0.1) is 0 Å². The lowest BCUT2D eigenvalue weighted by Crippen LogP contribution is -2.34. The molecule has 7 heteroatoms. The van der Waals surface area contributed by atoms with E-state index in [1.54, 1.807) is 35.6 Å². The first-order chi connectivity index (χ1) is 11.8. The van der Waals surface area contributed by atoms with Crippen molar-refractivity contribution in [3.8, 4) is 11.6 Å². The summed E-state index contributed by atoms with van der Waals surface area (Å²) in [6, 6.07) is 7.04. The number of anilines is 1. The number of ether oxygens (including phenoxy) is 2. The molecule has 0 saturated carbocycles. The number of aromatic nitrogens is 2. The van der Waals surface area contributed by atoms with E-state index in [2.05, 4.69) is 15.3 Å². The maximum absolute atomic E-state index is 12.4. The Kier molecular flexibility index (Phi) is 5.10. The molecule has 0 bridgehead atoms. The Morgan fingerprint density at radius 1 is 1.38 bits per heavy atom. The van der Waals surface area contributed by atoms with E-state index >= 15 is 0 Å². The number of nitrogens with zero attached hydrogens (tertiary/aromatic N) is 3. The molecule has 24 heavy (non-hydrogen) atoms. The zero-order valence-electron chi connectivity index (χ0n) is 13.5. The SMILES string of the molecule is CCOc1ncccc1NC(=O)N1CC[C@H](Oc2cccnc2)C1. The molecule has 0 aliphatic carbocycles. The van der Waals surface area contributed by atoms with Crippen LogP contribution in [-0.2, 0) is 0 Å². The summed E-state index contributed by atoms with van der Waals surface area (Å²) in [5, 5.41) is 2.85. The van der Waals surface area contributed by atoms with Gasteiger partial charge in [0.15, 0.2) is 0 Å².